The molecule has 0 aliphatic heterocycles. The number of unbranched alkanes of at least 4 members (excludes halogenated alkanes) is 2. The second-order valence-electron chi connectivity index (χ2n) is 4.32. The van der Waals surface area contributed by atoms with E-state index in [1.54, 1.807) is 0 Å². The fourth-order valence-electron chi connectivity index (χ4n) is 2.02. The first-order valence-electron chi connectivity index (χ1n) is 6.16. The molecule has 0 bridgehead atoms. The Bertz CT molecular complexity index is 243. The number of hydrogen-bond donors (Lipinski definition) is 0. The number of rotatable bonds is 5. The van der Waals surface area contributed by atoms with E-state index in [0.717, 1.165) is 31.3 Å². The molecule has 0 aromatic carbocycles. The number of Topliss-reactive ketones (excluding diaryl/α,β-unsaturated/α-hetero) is 1. The molecule has 0 amide bonds. The molecule has 15 heavy (non-hydrogen) atoms. The van der Waals surface area contributed by atoms with Crippen LogP contribution < -0.4 is 0 Å². The fourth-order valence-corrected chi connectivity index (χ4v) is 2.72. The first-order valence-corrected chi connectivity index (χ1v) is 6.95. The zero-order valence-corrected chi connectivity index (χ0v) is 11.2. The van der Waals surface area contributed by atoms with E-state index < -0.39 is 0 Å². The van der Waals surface area contributed by atoms with Crippen LogP contribution in [0.25, 0.3) is 0 Å². The lowest BCUT2D eigenvalue weighted by Gasteiger charge is -2.06. The number of carbonyl (C=O) groups is 1. The van der Waals surface area contributed by atoms with Crippen molar-refractivity contribution in [3.8, 4) is 0 Å². The quantitative estimate of drug-likeness (QED) is 0.661. The number of ketones is 1. The van der Waals surface area contributed by atoms with Gasteiger partial charge in [-0.1, -0.05) is 42.1 Å². The van der Waals surface area contributed by atoms with Crippen molar-refractivity contribution in [1.82, 2.24) is 0 Å². The van der Waals surface area contributed by atoms with E-state index in [0.29, 0.717) is 5.78 Å². The summed E-state index contributed by atoms with van der Waals surface area (Å²) >= 11 is 3.57. The highest BCUT2D eigenvalue weighted by Gasteiger charge is 2.15. The van der Waals surface area contributed by atoms with Crippen molar-refractivity contribution < 1.29 is 4.79 Å². The topological polar surface area (TPSA) is 17.1 Å². The Balaban J connectivity index is 2.48. The van der Waals surface area contributed by atoms with Crippen LogP contribution >= 0.6 is 15.9 Å². The molecule has 0 fully saturated rings. The normalized spacial score (nSPS) is 17.7. The monoisotopic (exact) mass is 272 g/mol. The number of allylic oxidation sites excluding steroid dienone is 2. The number of hydrogen-bond acceptors (Lipinski definition) is 1. The second-order valence-corrected chi connectivity index (χ2v) is 5.28. The third-order valence-corrected chi connectivity index (χ3v) is 3.87. The van der Waals surface area contributed by atoms with E-state index in [1.807, 2.05) is 0 Å². The lowest BCUT2D eigenvalue weighted by atomic mass is 10.0. The largest absolute Gasteiger partial charge is 0.295 e. The molecule has 0 N–H and O–H groups in total. The third kappa shape index (κ3) is 4.50. The summed E-state index contributed by atoms with van der Waals surface area (Å²) in [7, 11) is 0. The van der Waals surface area contributed by atoms with Gasteiger partial charge in [0.1, 0.15) is 0 Å². The molecule has 0 unspecified atom stereocenters. The molecule has 0 saturated heterocycles. The lowest BCUT2D eigenvalue weighted by Crippen LogP contribution is -2.03. The number of carbonyl (C=O) groups excluding carboxylic acids is 1. The highest BCUT2D eigenvalue weighted by atomic mass is 79.9. The van der Waals surface area contributed by atoms with Gasteiger partial charge in [-0.15, -0.1) is 0 Å². The Morgan fingerprint density at radius 1 is 1.20 bits per heavy atom. The molecule has 86 valence electrons. The van der Waals surface area contributed by atoms with Crippen molar-refractivity contribution in [1.29, 1.82) is 0 Å². The maximum Gasteiger partial charge on any atom is 0.159 e. The first-order chi connectivity index (χ1) is 7.25. The van der Waals surface area contributed by atoms with Gasteiger partial charge in [0, 0.05) is 16.5 Å². The molecule has 0 heterocycles. The summed E-state index contributed by atoms with van der Waals surface area (Å²) in [6.45, 7) is 2.17. The van der Waals surface area contributed by atoms with Crippen molar-refractivity contribution >= 4 is 21.7 Å². The summed E-state index contributed by atoms with van der Waals surface area (Å²) in [4.78, 5) is 11.9. The van der Waals surface area contributed by atoms with E-state index in [-0.39, 0.29) is 0 Å². The standard InChI is InChI=1S/C13H21BrO/c1-2-3-5-10-13(15)11-8-6-4-7-9-12(11)14/h2-10H2,1H3. The van der Waals surface area contributed by atoms with Gasteiger partial charge < -0.3 is 0 Å². The predicted molar refractivity (Wildman–Crippen MR) is 68.2 cm³/mol. The summed E-state index contributed by atoms with van der Waals surface area (Å²) in [6, 6.07) is 0. The van der Waals surface area contributed by atoms with Gasteiger partial charge in [0.2, 0.25) is 0 Å². The van der Waals surface area contributed by atoms with E-state index in [2.05, 4.69) is 22.9 Å². The molecule has 0 radical (unpaired) electrons. The van der Waals surface area contributed by atoms with Crippen molar-refractivity contribution in [3.05, 3.63) is 10.1 Å². The Labute approximate surface area is 101 Å². The number of halogens is 1. The van der Waals surface area contributed by atoms with E-state index in [4.69, 9.17) is 0 Å². The summed E-state index contributed by atoms with van der Waals surface area (Å²) in [5, 5.41) is 0. The van der Waals surface area contributed by atoms with Crippen LogP contribution in [-0.2, 0) is 4.79 Å². The average Bonchev–Trinajstić information content (AvgIpc) is 2.43. The molecule has 1 rings (SSSR count). The summed E-state index contributed by atoms with van der Waals surface area (Å²) in [5.41, 5.74) is 1.09. The Morgan fingerprint density at radius 2 is 1.93 bits per heavy atom. The van der Waals surface area contributed by atoms with Crippen molar-refractivity contribution in [2.24, 2.45) is 0 Å². The SMILES string of the molecule is CCCCCC(=O)C1=C(Br)CCCCC1. The molecule has 2 heteroatoms. The van der Waals surface area contributed by atoms with Gasteiger partial charge in [0.25, 0.3) is 0 Å². The molecule has 1 aliphatic rings. The molecule has 0 aromatic heterocycles. The van der Waals surface area contributed by atoms with Crippen LogP contribution in [0.4, 0.5) is 0 Å². The van der Waals surface area contributed by atoms with Gasteiger partial charge >= 0.3 is 0 Å². The van der Waals surface area contributed by atoms with Gasteiger partial charge in [0.05, 0.1) is 0 Å². The molecule has 0 saturated carbocycles. The van der Waals surface area contributed by atoms with Crippen LogP contribution in [0.15, 0.2) is 10.1 Å². The minimum absolute atomic E-state index is 0.386. The van der Waals surface area contributed by atoms with E-state index >= 15 is 0 Å². The third-order valence-electron chi connectivity index (χ3n) is 2.99. The maximum atomic E-state index is 11.9. The van der Waals surface area contributed by atoms with Crippen LogP contribution in [0.5, 0.6) is 0 Å². The summed E-state index contributed by atoms with van der Waals surface area (Å²) in [5.74, 6) is 0.386. The van der Waals surface area contributed by atoms with Crippen molar-refractivity contribution in [3.63, 3.8) is 0 Å². The van der Waals surface area contributed by atoms with Gasteiger partial charge in [0.15, 0.2) is 5.78 Å². The van der Waals surface area contributed by atoms with E-state index in [9.17, 15) is 4.79 Å². The molecular weight excluding hydrogens is 252 g/mol. The zero-order chi connectivity index (χ0) is 11.1. The molecular formula is C13H21BrO. The zero-order valence-electron chi connectivity index (χ0n) is 9.65. The van der Waals surface area contributed by atoms with Crippen LogP contribution in [0.2, 0.25) is 0 Å². The Hall–Kier alpha value is -0.110. The second kappa shape index (κ2) is 7.21. The van der Waals surface area contributed by atoms with Gasteiger partial charge in [-0.25, -0.2) is 0 Å². The van der Waals surface area contributed by atoms with Crippen LogP contribution in [0.1, 0.15) is 64.7 Å². The summed E-state index contributed by atoms with van der Waals surface area (Å²) < 4.78 is 1.18. The predicted octanol–water partition coefficient (Wildman–Crippen LogP) is 4.75. The molecule has 0 atom stereocenters. The minimum atomic E-state index is 0.386. The Morgan fingerprint density at radius 3 is 2.67 bits per heavy atom. The average molecular weight is 273 g/mol. The minimum Gasteiger partial charge on any atom is -0.295 e. The van der Waals surface area contributed by atoms with Gasteiger partial charge in [-0.2, -0.15) is 0 Å². The Kier molecular flexibility index (Phi) is 6.23. The highest BCUT2D eigenvalue weighted by Crippen LogP contribution is 2.29. The molecule has 1 aliphatic carbocycles. The molecule has 0 aromatic rings. The molecule has 0 spiro atoms. The maximum absolute atomic E-state index is 11.9. The first kappa shape index (κ1) is 13.0. The van der Waals surface area contributed by atoms with Crippen LogP contribution in [0.3, 0.4) is 0 Å². The smallest absolute Gasteiger partial charge is 0.159 e. The van der Waals surface area contributed by atoms with Gasteiger partial charge in [-0.3, -0.25) is 4.79 Å². The van der Waals surface area contributed by atoms with Crippen LogP contribution in [0, 0.1) is 0 Å². The summed E-state index contributed by atoms with van der Waals surface area (Å²) in [6.07, 6.45) is 9.90. The highest BCUT2D eigenvalue weighted by molar-refractivity contribution is 9.11. The van der Waals surface area contributed by atoms with Crippen LogP contribution in [-0.4, -0.2) is 5.78 Å². The van der Waals surface area contributed by atoms with E-state index in [1.165, 1.54) is 36.6 Å². The lowest BCUT2D eigenvalue weighted by molar-refractivity contribution is -0.115. The fraction of sp³-hybridized carbons (Fsp3) is 0.769. The van der Waals surface area contributed by atoms with Crippen molar-refractivity contribution in [2.75, 3.05) is 0 Å². The van der Waals surface area contributed by atoms with Crippen molar-refractivity contribution in [2.45, 2.75) is 64.7 Å². The van der Waals surface area contributed by atoms with Gasteiger partial charge in [-0.05, 0) is 32.1 Å². The molecule has 1 nitrogen and oxygen atoms in total.